The number of nitrogens with two attached hydrogens (primary N) is 1. The van der Waals surface area contributed by atoms with Crippen molar-refractivity contribution in [3.63, 3.8) is 0 Å². The van der Waals surface area contributed by atoms with Crippen molar-refractivity contribution in [1.29, 1.82) is 0 Å². The van der Waals surface area contributed by atoms with Crippen molar-refractivity contribution in [3.05, 3.63) is 66.1 Å². The number of aromatic amines is 1. The number of amides is 3. The molecule has 2 fully saturated rings. The molecule has 0 spiro atoms. The summed E-state index contributed by atoms with van der Waals surface area (Å²) in [5.41, 5.74) is 7.68. The number of hydrogen-bond acceptors (Lipinski definition) is 9. The Kier molecular flexibility index (Phi) is 22.6. The second-order valence-corrected chi connectivity index (χ2v) is 11.8. The van der Waals surface area contributed by atoms with Crippen molar-refractivity contribution in [2.75, 3.05) is 26.9 Å². The average Bonchev–Trinajstić information content (AvgIpc) is 3.64. The molecule has 5 rings (SSSR count). The number of hydrogen-bond donors (Lipinski definition) is 5. The third-order valence-electron chi connectivity index (χ3n) is 7.06. The number of methoxy groups -OCH3 is 1. The number of hydroxylamine groups is 1. The van der Waals surface area contributed by atoms with Gasteiger partial charge in [0.15, 0.2) is 0 Å². The van der Waals surface area contributed by atoms with Gasteiger partial charge in [-0.15, -0.1) is 26.0 Å². The maximum atomic E-state index is 12.4. The normalized spacial score (nSPS) is 21.6. The molecule has 14 nitrogen and oxygen atoms in total. The van der Waals surface area contributed by atoms with E-state index in [1.54, 1.807) is 30.3 Å². The molecule has 3 heterocycles. The molecule has 1 saturated heterocycles. The molecule has 1 saturated carbocycles. The fourth-order valence-corrected chi connectivity index (χ4v) is 4.74. The number of ether oxygens (including phenoxy) is 2. The van der Waals surface area contributed by atoms with Gasteiger partial charge in [0.25, 0.3) is 12.0 Å². The van der Waals surface area contributed by atoms with Gasteiger partial charge in [0.2, 0.25) is 18.2 Å². The van der Waals surface area contributed by atoms with Crippen LogP contribution >= 0.6 is 0 Å². The molecule has 3 aliphatic rings. The van der Waals surface area contributed by atoms with Crippen molar-refractivity contribution in [2.24, 2.45) is 11.7 Å². The molecule has 276 valence electrons. The minimum absolute atomic E-state index is 0.0326. The summed E-state index contributed by atoms with van der Waals surface area (Å²) in [6.45, 7) is 12.7. The van der Waals surface area contributed by atoms with Crippen molar-refractivity contribution in [2.45, 2.75) is 76.6 Å². The van der Waals surface area contributed by atoms with Crippen LogP contribution in [-0.4, -0.2) is 90.3 Å². The van der Waals surface area contributed by atoms with E-state index in [0.717, 1.165) is 43.2 Å². The third-order valence-corrected chi connectivity index (χ3v) is 7.06. The highest BCUT2D eigenvalue weighted by atomic mass is 16.7. The SMILES string of the molecule is C#C.C=C.CC(C)(C)ONC=O.COc1ccc2c(=O)[nH]ccc2c1.N[C@H]1COCCC/C=C\[C@@H]2C[C@H]2NC(=O)[C@@H]2CCCN2C1=O.O=CO. The fourth-order valence-electron chi connectivity index (χ4n) is 4.74. The van der Waals surface area contributed by atoms with Crippen LogP contribution in [0.4, 0.5) is 0 Å². The van der Waals surface area contributed by atoms with E-state index in [2.05, 4.69) is 53.9 Å². The van der Waals surface area contributed by atoms with Crippen LogP contribution in [0, 0.1) is 18.8 Å². The van der Waals surface area contributed by atoms with E-state index in [9.17, 15) is 19.2 Å². The Hall–Kier alpha value is -4.97. The maximum absolute atomic E-state index is 12.4. The molecule has 50 heavy (non-hydrogen) atoms. The van der Waals surface area contributed by atoms with Gasteiger partial charge in [-0.05, 0) is 88.4 Å². The lowest BCUT2D eigenvalue weighted by molar-refractivity contribution is -0.140. The van der Waals surface area contributed by atoms with Gasteiger partial charge in [0, 0.05) is 30.8 Å². The van der Waals surface area contributed by atoms with Crippen LogP contribution < -0.4 is 26.8 Å². The van der Waals surface area contributed by atoms with E-state index in [4.69, 9.17) is 29.9 Å². The van der Waals surface area contributed by atoms with Gasteiger partial charge < -0.3 is 35.5 Å². The lowest BCUT2D eigenvalue weighted by atomic mass is 10.2. The summed E-state index contributed by atoms with van der Waals surface area (Å²) in [4.78, 5) is 63.1. The molecule has 2 aliphatic heterocycles. The van der Waals surface area contributed by atoms with Gasteiger partial charge in [-0.1, -0.05) is 12.2 Å². The number of carbonyl (C=O) groups excluding carboxylic acids is 3. The number of H-pyrrole nitrogens is 1. The van der Waals surface area contributed by atoms with E-state index in [1.165, 1.54) is 0 Å². The Balaban J connectivity index is 0.000000728. The molecule has 0 unspecified atom stereocenters. The summed E-state index contributed by atoms with van der Waals surface area (Å²) in [5.74, 6) is 1.01. The second kappa shape index (κ2) is 25.1. The topological polar surface area (TPSA) is 202 Å². The molecular weight excluding hydrogens is 646 g/mol. The molecule has 1 aliphatic carbocycles. The van der Waals surface area contributed by atoms with Crippen LogP contribution in [0.2, 0.25) is 0 Å². The zero-order chi connectivity index (χ0) is 38.1. The van der Waals surface area contributed by atoms with Gasteiger partial charge in [0.1, 0.15) is 17.8 Å². The zero-order valence-corrected chi connectivity index (χ0v) is 29.5. The highest BCUT2D eigenvalue weighted by molar-refractivity contribution is 5.90. The minimum atomic E-state index is -0.678. The van der Waals surface area contributed by atoms with Crippen molar-refractivity contribution < 1.29 is 38.6 Å². The molecule has 3 amide bonds. The van der Waals surface area contributed by atoms with Gasteiger partial charge in [0.05, 0.1) is 19.3 Å². The Morgan fingerprint density at radius 3 is 2.42 bits per heavy atom. The molecule has 2 aromatic rings. The lowest BCUT2D eigenvalue weighted by Gasteiger charge is -2.26. The van der Waals surface area contributed by atoms with E-state index in [1.807, 2.05) is 32.9 Å². The van der Waals surface area contributed by atoms with E-state index >= 15 is 0 Å². The Labute approximate surface area is 294 Å². The highest BCUT2D eigenvalue weighted by Gasteiger charge is 2.41. The summed E-state index contributed by atoms with van der Waals surface area (Å²) in [7, 11) is 1.61. The molecule has 0 bridgehead atoms. The number of pyridine rings is 1. The number of aromatic nitrogens is 1. The molecule has 14 heteroatoms. The van der Waals surface area contributed by atoms with Gasteiger partial charge in [-0.25, -0.2) is 5.48 Å². The first-order valence-corrected chi connectivity index (χ1v) is 16.0. The van der Waals surface area contributed by atoms with Crippen LogP contribution in [0.5, 0.6) is 5.75 Å². The number of benzene rings is 1. The smallest absolute Gasteiger partial charge is 0.290 e. The molecule has 0 radical (unpaired) electrons. The maximum Gasteiger partial charge on any atom is 0.290 e. The monoisotopic (exact) mass is 699 g/mol. The first kappa shape index (κ1) is 45.0. The lowest BCUT2D eigenvalue weighted by Crippen LogP contribution is -2.52. The standard InChI is InChI=1S/C16H25N3O3.C10H9NO2.C5H11NO2.C2H4.C2H2.CH2O2/c17-12-10-22-8-3-1-2-5-11-9-13(11)18-15(20)14-6-4-7-19(14)16(12)21;1-13-8-2-3-9-7(6-8)4-5-11-10(9)12;1-5(2,3)8-6-4-7;2*1-2;2-1-3/h2,5,11-14H,1,3-4,6-10,17H2,(H,18,20);2-6H,1H3,(H,11,12);4H,1-3H3,(H,6,7);1-2H2;1-2H;1H,(H,2,3)/b5-2-;;;;;/t11-,12+,13-,14+;;;;;/m1...../s1. The van der Waals surface area contributed by atoms with Gasteiger partial charge in [-0.2, -0.15) is 0 Å². The first-order valence-electron chi connectivity index (χ1n) is 16.0. The predicted octanol–water partition coefficient (Wildman–Crippen LogP) is 2.93. The van der Waals surface area contributed by atoms with Gasteiger partial charge in [-0.3, -0.25) is 28.8 Å². The fraction of sp³-hybridized carbons (Fsp3) is 0.472. The second-order valence-electron chi connectivity index (χ2n) is 11.8. The van der Waals surface area contributed by atoms with Crippen LogP contribution in [-0.2, 0) is 28.8 Å². The summed E-state index contributed by atoms with van der Waals surface area (Å²) < 4.78 is 10.5. The number of carbonyl (C=O) groups is 4. The summed E-state index contributed by atoms with van der Waals surface area (Å²) >= 11 is 0. The van der Waals surface area contributed by atoms with Crippen molar-refractivity contribution >= 4 is 35.5 Å². The van der Waals surface area contributed by atoms with E-state index in [0.29, 0.717) is 30.9 Å². The van der Waals surface area contributed by atoms with Crippen LogP contribution in [0.15, 0.2) is 60.6 Å². The van der Waals surface area contributed by atoms with Gasteiger partial charge >= 0.3 is 0 Å². The summed E-state index contributed by atoms with van der Waals surface area (Å²) in [5, 5.41) is 11.5. The third kappa shape index (κ3) is 16.9. The van der Waals surface area contributed by atoms with Crippen LogP contribution in [0.3, 0.4) is 0 Å². The predicted molar refractivity (Wildman–Crippen MR) is 193 cm³/mol. The average molecular weight is 700 g/mol. The number of fused-ring (bicyclic) bond motifs is 3. The highest BCUT2D eigenvalue weighted by Crippen LogP contribution is 2.32. The van der Waals surface area contributed by atoms with Crippen molar-refractivity contribution in [1.82, 2.24) is 20.7 Å². The molecule has 1 aromatic carbocycles. The van der Waals surface area contributed by atoms with Crippen LogP contribution in [0.25, 0.3) is 10.8 Å². The number of terminal acetylenes is 1. The Morgan fingerprint density at radius 2 is 1.82 bits per heavy atom. The zero-order valence-electron chi connectivity index (χ0n) is 29.5. The molecule has 4 atom stereocenters. The Bertz CT molecular complexity index is 1420. The Morgan fingerprint density at radius 1 is 1.14 bits per heavy atom. The summed E-state index contributed by atoms with van der Waals surface area (Å²) in [6, 6.07) is 6.40. The van der Waals surface area contributed by atoms with Crippen molar-refractivity contribution in [3.8, 4) is 18.6 Å². The molecule has 6 N–H and O–H groups in total. The minimum Gasteiger partial charge on any atom is -0.497 e. The van der Waals surface area contributed by atoms with Crippen LogP contribution in [0.1, 0.15) is 52.9 Å². The van der Waals surface area contributed by atoms with E-state index in [-0.39, 0.29) is 48.1 Å². The molecular formula is C36H53N5O9. The number of allylic oxidation sites excluding steroid dienone is 1. The number of rotatable bonds is 3. The molecule has 1 aromatic heterocycles. The summed E-state index contributed by atoms with van der Waals surface area (Å²) in [6.07, 6.45) is 18.9. The first-order chi connectivity index (χ1) is 23.9. The largest absolute Gasteiger partial charge is 0.497 e. The number of nitrogens with one attached hydrogen (secondary N) is 3. The number of nitrogens with zero attached hydrogens (tertiary/aromatic N) is 1. The quantitative estimate of drug-likeness (QED) is 0.137. The van der Waals surface area contributed by atoms with E-state index < -0.39 is 6.04 Å². The number of carboxylic acid groups (broad SMARTS) is 1.